The molecular weight excluding hydrogens is 466 g/mol. The molecule has 0 aliphatic carbocycles. The van der Waals surface area contributed by atoms with Crippen molar-refractivity contribution in [2.75, 3.05) is 0 Å². The van der Waals surface area contributed by atoms with E-state index < -0.39 is 9.85 Å². The van der Waals surface area contributed by atoms with Gasteiger partial charge < -0.3 is 4.74 Å². The number of ether oxygens (including phenoxy) is 1. The fourth-order valence-electron chi connectivity index (χ4n) is 2.78. The maximum absolute atomic E-state index is 11.0. The molecule has 0 unspecified atom stereocenters. The molecule has 0 radical (unpaired) electrons. The quantitative estimate of drug-likeness (QED) is 0.180. The van der Waals surface area contributed by atoms with Gasteiger partial charge in [-0.15, -0.1) is 0 Å². The second-order valence-corrected chi connectivity index (χ2v) is 7.24. The SMILES string of the molecule is N#CC(=Cc1ccc(OCc2cccc([N+](=O)[O-])c2)c(Br)c1)c1cccc([N+](=O)[O-])c1. The molecule has 0 amide bonds. The van der Waals surface area contributed by atoms with Gasteiger partial charge in [-0.05, 0) is 50.8 Å². The zero-order chi connectivity index (χ0) is 22.4. The molecule has 0 spiro atoms. The van der Waals surface area contributed by atoms with Crippen LogP contribution in [0, 0.1) is 31.6 Å². The zero-order valence-electron chi connectivity index (χ0n) is 15.9. The molecule has 9 heteroatoms. The van der Waals surface area contributed by atoms with Crippen molar-refractivity contribution in [3.05, 3.63) is 108 Å². The van der Waals surface area contributed by atoms with Crippen molar-refractivity contribution in [3.8, 4) is 11.8 Å². The number of nitriles is 1. The molecule has 0 aromatic heterocycles. The molecule has 3 rings (SSSR count). The largest absolute Gasteiger partial charge is 0.488 e. The Morgan fingerprint density at radius 2 is 1.68 bits per heavy atom. The number of benzene rings is 3. The van der Waals surface area contributed by atoms with Crippen molar-refractivity contribution in [3.63, 3.8) is 0 Å². The first-order valence-corrected chi connectivity index (χ1v) is 9.69. The summed E-state index contributed by atoms with van der Waals surface area (Å²) in [6.07, 6.45) is 1.62. The van der Waals surface area contributed by atoms with E-state index in [1.807, 2.05) is 0 Å². The third kappa shape index (κ3) is 5.52. The van der Waals surface area contributed by atoms with E-state index in [9.17, 15) is 25.5 Å². The normalized spacial score (nSPS) is 10.9. The monoisotopic (exact) mass is 479 g/mol. The number of non-ortho nitro benzene ring substituents is 2. The molecule has 0 heterocycles. The van der Waals surface area contributed by atoms with Crippen LogP contribution in [0.2, 0.25) is 0 Å². The highest BCUT2D eigenvalue weighted by atomic mass is 79.9. The molecular formula is C22H14BrN3O5. The standard InChI is InChI=1S/C22H14BrN3O5/c23-21-11-15(9-18(13-24)17-4-2-6-20(12-17)26(29)30)7-8-22(21)31-14-16-3-1-5-19(10-16)25(27)28/h1-12H,14H2. The van der Waals surface area contributed by atoms with E-state index in [-0.39, 0.29) is 23.6 Å². The van der Waals surface area contributed by atoms with Gasteiger partial charge in [-0.2, -0.15) is 5.26 Å². The van der Waals surface area contributed by atoms with Crippen LogP contribution in [-0.2, 0) is 6.61 Å². The molecule has 0 bridgehead atoms. The van der Waals surface area contributed by atoms with Gasteiger partial charge in [0.1, 0.15) is 12.4 Å². The van der Waals surface area contributed by atoms with Crippen LogP contribution >= 0.6 is 15.9 Å². The number of hydrogen-bond acceptors (Lipinski definition) is 6. The third-order valence-corrected chi connectivity index (χ3v) is 4.89. The smallest absolute Gasteiger partial charge is 0.270 e. The molecule has 0 aliphatic rings. The van der Waals surface area contributed by atoms with Gasteiger partial charge in [0, 0.05) is 24.3 Å². The first-order chi connectivity index (χ1) is 14.9. The van der Waals surface area contributed by atoms with Gasteiger partial charge in [0.25, 0.3) is 11.4 Å². The van der Waals surface area contributed by atoms with E-state index in [0.717, 1.165) is 0 Å². The molecule has 0 saturated heterocycles. The van der Waals surface area contributed by atoms with Gasteiger partial charge in [-0.25, -0.2) is 0 Å². The molecule has 8 nitrogen and oxygen atoms in total. The summed E-state index contributed by atoms with van der Waals surface area (Å²) in [5.74, 6) is 0.525. The average molecular weight is 480 g/mol. The van der Waals surface area contributed by atoms with Gasteiger partial charge in [0.15, 0.2) is 0 Å². The minimum atomic E-state index is -0.511. The minimum Gasteiger partial charge on any atom is -0.488 e. The summed E-state index contributed by atoms with van der Waals surface area (Å²) in [4.78, 5) is 20.9. The number of allylic oxidation sites excluding steroid dienone is 1. The molecule has 3 aromatic carbocycles. The highest BCUT2D eigenvalue weighted by molar-refractivity contribution is 9.10. The Bertz CT molecular complexity index is 1230. The molecule has 0 N–H and O–H groups in total. The van der Waals surface area contributed by atoms with Gasteiger partial charge in [0.05, 0.1) is 26.0 Å². The van der Waals surface area contributed by atoms with Crippen LogP contribution in [0.3, 0.4) is 0 Å². The summed E-state index contributed by atoms with van der Waals surface area (Å²) in [6, 6.07) is 19.3. The summed E-state index contributed by atoms with van der Waals surface area (Å²) in [5.41, 5.74) is 1.97. The summed E-state index contributed by atoms with van der Waals surface area (Å²) >= 11 is 3.42. The van der Waals surface area contributed by atoms with Gasteiger partial charge >= 0.3 is 0 Å². The summed E-state index contributed by atoms with van der Waals surface area (Å²) < 4.78 is 6.37. The predicted octanol–water partition coefficient (Wildman–Crippen LogP) is 5.91. The van der Waals surface area contributed by atoms with Crippen molar-refractivity contribution in [2.24, 2.45) is 0 Å². The lowest BCUT2D eigenvalue weighted by atomic mass is 10.0. The summed E-state index contributed by atoms with van der Waals surface area (Å²) in [5, 5.41) is 31.3. The Labute approximate surface area is 185 Å². The van der Waals surface area contributed by atoms with Crippen molar-refractivity contribution < 1.29 is 14.6 Å². The Morgan fingerprint density at radius 1 is 1.00 bits per heavy atom. The first kappa shape index (κ1) is 21.7. The molecule has 3 aromatic rings. The number of nitro groups is 2. The van der Waals surface area contributed by atoms with Crippen LogP contribution in [0.5, 0.6) is 5.75 Å². The summed E-state index contributed by atoms with van der Waals surface area (Å²) in [7, 11) is 0. The second-order valence-electron chi connectivity index (χ2n) is 6.38. The molecule has 0 aliphatic heterocycles. The van der Waals surface area contributed by atoms with Crippen molar-refractivity contribution in [1.29, 1.82) is 5.26 Å². The van der Waals surface area contributed by atoms with Crippen molar-refractivity contribution >= 4 is 39.0 Å². The lowest BCUT2D eigenvalue weighted by Gasteiger charge is -2.09. The van der Waals surface area contributed by atoms with E-state index >= 15 is 0 Å². The molecule has 0 atom stereocenters. The van der Waals surface area contributed by atoms with E-state index in [1.54, 1.807) is 42.5 Å². The molecule has 0 saturated carbocycles. The number of hydrogen-bond donors (Lipinski definition) is 0. The fraction of sp³-hybridized carbons (Fsp3) is 0.0455. The number of halogens is 1. The number of nitrogens with zero attached hydrogens (tertiary/aromatic N) is 3. The first-order valence-electron chi connectivity index (χ1n) is 8.89. The van der Waals surface area contributed by atoms with Gasteiger partial charge in [-0.3, -0.25) is 20.2 Å². The van der Waals surface area contributed by atoms with Crippen molar-refractivity contribution in [2.45, 2.75) is 6.61 Å². The molecule has 0 fully saturated rings. The van der Waals surface area contributed by atoms with Crippen LogP contribution in [0.15, 0.2) is 71.2 Å². The predicted molar refractivity (Wildman–Crippen MR) is 118 cm³/mol. The number of nitro benzene ring substituents is 2. The van der Waals surface area contributed by atoms with Gasteiger partial charge in [0.2, 0.25) is 0 Å². The fourth-order valence-corrected chi connectivity index (χ4v) is 3.29. The molecule has 31 heavy (non-hydrogen) atoms. The Hall–Kier alpha value is -4.03. The topological polar surface area (TPSA) is 119 Å². The number of rotatable bonds is 7. The van der Waals surface area contributed by atoms with E-state index in [4.69, 9.17) is 4.74 Å². The third-order valence-electron chi connectivity index (χ3n) is 4.27. The lowest BCUT2D eigenvalue weighted by Crippen LogP contribution is -1.97. The van der Waals surface area contributed by atoms with E-state index in [1.165, 1.54) is 30.3 Å². The average Bonchev–Trinajstić information content (AvgIpc) is 2.77. The maximum atomic E-state index is 11.0. The van der Waals surface area contributed by atoms with Crippen LogP contribution < -0.4 is 4.74 Å². The van der Waals surface area contributed by atoms with Crippen LogP contribution in [-0.4, -0.2) is 9.85 Å². The van der Waals surface area contributed by atoms with Crippen LogP contribution in [0.25, 0.3) is 11.6 Å². The molecule has 154 valence electrons. The van der Waals surface area contributed by atoms with Gasteiger partial charge in [-0.1, -0.05) is 30.3 Å². The maximum Gasteiger partial charge on any atom is 0.270 e. The van der Waals surface area contributed by atoms with E-state index in [0.29, 0.717) is 26.9 Å². The summed E-state index contributed by atoms with van der Waals surface area (Å²) in [6.45, 7) is 0.145. The van der Waals surface area contributed by atoms with Crippen LogP contribution in [0.4, 0.5) is 11.4 Å². The van der Waals surface area contributed by atoms with Crippen LogP contribution in [0.1, 0.15) is 16.7 Å². The lowest BCUT2D eigenvalue weighted by molar-refractivity contribution is -0.385. The van der Waals surface area contributed by atoms with Crippen molar-refractivity contribution in [1.82, 2.24) is 0 Å². The minimum absolute atomic E-state index is 0.00849. The Morgan fingerprint density at radius 3 is 2.32 bits per heavy atom. The zero-order valence-corrected chi connectivity index (χ0v) is 17.5. The van der Waals surface area contributed by atoms with E-state index in [2.05, 4.69) is 22.0 Å². The Balaban J connectivity index is 1.79. The highest BCUT2D eigenvalue weighted by Crippen LogP contribution is 2.29. The highest BCUT2D eigenvalue weighted by Gasteiger charge is 2.10. The second kappa shape index (κ2) is 9.65. The Kier molecular flexibility index (Phi) is 6.74.